The van der Waals surface area contributed by atoms with E-state index in [2.05, 4.69) is 17.6 Å². The molecule has 0 bridgehead atoms. The Bertz CT molecular complexity index is 648. The third kappa shape index (κ3) is 4.25. The van der Waals surface area contributed by atoms with Crippen molar-refractivity contribution in [2.24, 2.45) is 0 Å². The Labute approximate surface area is 132 Å². The molecule has 2 N–H and O–H groups in total. The van der Waals surface area contributed by atoms with Crippen molar-refractivity contribution in [3.63, 3.8) is 0 Å². The first-order valence-electron chi connectivity index (χ1n) is 7.34. The average Bonchev–Trinajstić information content (AvgIpc) is 2.49. The third-order valence-corrected chi connectivity index (χ3v) is 3.67. The van der Waals surface area contributed by atoms with E-state index in [0.29, 0.717) is 6.54 Å². The minimum Gasteiger partial charge on any atom is -0.378 e. The Morgan fingerprint density at radius 3 is 2.27 bits per heavy atom. The van der Waals surface area contributed by atoms with E-state index in [1.807, 2.05) is 68.4 Å². The van der Waals surface area contributed by atoms with Gasteiger partial charge < -0.3 is 15.5 Å². The summed E-state index contributed by atoms with van der Waals surface area (Å²) in [6.45, 7) is 4.59. The van der Waals surface area contributed by atoms with Crippen LogP contribution in [0, 0.1) is 13.8 Å². The number of rotatable bonds is 4. The van der Waals surface area contributed by atoms with Gasteiger partial charge in [0, 0.05) is 32.0 Å². The number of hydrogen-bond acceptors (Lipinski definition) is 2. The molecule has 0 aliphatic heterocycles. The maximum absolute atomic E-state index is 11.9. The molecule has 0 saturated carbocycles. The van der Waals surface area contributed by atoms with E-state index >= 15 is 0 Å². The largest absolute Gasteiger partial charge is 0.378 e. The highest BCUT2D eigenvalue weighted by Crippen LogP contribution is 2.14. The van der Waals surface area contributed by atoms with Crippen LogP contribution in [0.15, 0.2) is 42.5 Å². The maximum atomic E-state index is 11.9. The van der Waals surface area contributed by atoms with Crippen molar-refractivity contribution in [2.45, 2.75) is 20.4 Å². The third-order valence-electron chi connectivity index (χ3n) is 3.67. The lowest BCUT2D eigenvalue weighted by molar-refractivity contribution is 0.251. The van der Waals surface area contributed by atoms with Gasteiger partial charge in [0.15, 0.2) is 0 Å². The Morgan fingerprint density at radius 2 is 1.68 bits per heavy atom. The summed E-state index contributed by atoms with van der Waals surface area (Å²) < 4.78 is 0. The lowest BCUT2D eigenvalue weighted by Gasteiger charge is -2.13. The molecule has 0 radical (unpaired) electrons. The number of aryl methyl sites for hydroxylation is 2. The predicted octanol–water partition coefficient (Wildman–Crippen LogP) is 3.69. The summed E-state index contributed by atoms with van der Waals surface area (Å²) in [4.78, 5) is 14.0. The molecule has 2 aromatic rings. The summed E-state index contributed by atoms with van der Waals surface area (Å²) in [5.41, 5.74) is 5.40. The maximum Gasteiger partial charge on any atom is 0.319 e. The minimum absolute atomic E-state index is 0.195. The molecular weight excluding hydrogens is 274 g/mol. The van der Waals surface area contributed by atoms with Gasteiger partial charge in [-0.1, -0.05) is 18.2 Å². The number of carbonyl (C=O) groups excluding carboxylic acids is 1. The van der Waals surface area contributed by atoms with Crippen LogP contribution in [0.5, 0.6) is 0 Å². The first-order chi connectivity index (χ1) is 10.5. The molecule has 22 heavy (non-hydrogen) atoms. The van der Waals surface area contributed by atoms with Crippen LogP contribution in [-0.4, -0.2) is 20.1 Å². The molecule has 0 fully saturated rings. The number of anilines is 2. The van der Waals surface area contributed by atoms with E-state index in [1.165, 1.54) is 5.56 Å². The number of nitrogens with zero attached hydrogens (tertiary/aromatic N) is 1. The molecule has 4 heteroatoms. The van der Waals surface area contributed by atoms with Gasteiger partial charge in [0.05, 0.1) is 0 Å². The van der Waals surface area contributed by atoms with Crippen LogP contribution in [0.2, 0.25) is 0 Å². The lowest BCUT2D eigenvalue weighted by Crippen LogP contribution is -2.28. The van der Waals surface area contributed by atoms with Crippen molar-refractivity contribution in [1.29, 1.82) is 0 Å². The molecule has 0 unspecified atom stereocenters. The van der Waals surface area contributed by atoms with Gasteiger partial charge in [0.25, 0.3) is 0 Å². The highest BCUT2D eigenvalue weighted by atomic mass is 16.2. The molecule has 2 rings (SSSR count). The van der Waals surface area contributed by atoms with Gasteiger partial charge >= 0.3 is 6.03 Å². The second kappa shape index (κ2) is 6.98. The minimum atomic E-state index is -0.195. The van der Waals surface area contributed by atoms with Crippen LogP contribution in [0.3, 0.4) is 0 Å². The van der Waals surface area contributed by atoms with Gasteiger partial charge in [0.2, 0.25) is 0 Å². The highest BCUT2D eigenvalue weighted by Gasteiger charge is 2.03. The van der Waals surface area contributed by atoms with Crippen LogP contribution in [0.4, 0.5) is 16.2 Å². The number of nitrogens with one attached hydrogen (secondary N) is 2. The molecule has 0 aliphatic rings. The van der Waals surface area contributed by atoms with Crippen molar-refractivity contribution >= 4 is 17.4 Å². The Hall–Kier alpha value is -2.49. The van der Waals surface area contributed by atoms with Gasteiger partial charge in [-0.05, 0) is 54.8 Å². The van der Waals surface area contributed by atoms with E-state index in [-0.39, 0.29) is 6.03 Å². The van der Waals surface area contributed by atoms with E-state index in [0.717, 1.165) is 22.5 Å². The van der Waals surface area contributed by atoms with Gasteiger partial charge in [-0.15, -0.1) is 0 Å². The van der Waals surface area contributed by atoms with E-state index < -0.39 is 0 Å². The summed E-state index contributed by atoms with van der Waals surface area (Å²) in [6, 6.07) is 13.8. The molecule has 0 saturated heterocycles. The van der Waals surface area contributed by atoms with Crippen LogP contribution < -0.4 is 15.5 Å². The Morgan fingerprint density at radius 1 is 1.00 bits per heavy atom. The summed E-state index contributed by atoms with van der Waals surface area (Å²) in [5, 5.41) is 5.72. The quantitative estimate of drug-likeness (QED) is 0.904. The summed E-state index contributed by atoms with van der Waals surface area (Å²) in [6.07, 6.45) is 0. The second-order valence-electron chi connectivity index (χ2n) is 5.67. The smallest absolute Gasteiger partial charge is 0.319 e. The molecular formula is C18H23N3O. The fraction of sp³-hybridized carbons (Fsp3) is 0.278. The van der Waals surface area contributed by atoms with Crippen molar-refractivity contribution in [2.75, 3.05) is 24.3 Å². The van der Waals surface area contributed by atoms with Gasteiger partial charge in [0.1, 0.15) is 0 Å². The van der Waals surface area contributed by atoms with Crippen LogP contribution in [0.1, 0.15) is 16.7 Å². The van der Waals surface area contributed by atoms with E-state index in [1.54, 1.807) is 0 Å². The number of amides is 2. The van der Waals surface area contributed by atoms with Crippen molar-refractivity contribution in [3.8, 4) is 0 Å². The predicted molar refractivity (Wildman–Crippen MR) is 92.5 cm³/mol. The topological polar surface area (TPSA) is 44.4 Å². The van der Waals surface area contributed by atoms with Crippen LogP contribution in [0.25, 0.3) is 0 Å². The molecule has 0 heterocycles. The number of carbonyl (C=O) groups is 1. The summed E-state index contributed by atoms with van der Waals surface area (Å²) >= 11 is 0. The van der Waals surface area contributed by atoms with Gasteiger partial charge in [-0.2, -0.15) is 0 Å². The van der Waals surface area contributed by atoms with Crippen molar-refractivity contribution in [3.05, 3.63) is 59.2 Å². The zero-order chi connectivity index (χ0) is 16.1. The van der Waals surface area contributed by atoms with Gasteiger partial charge in [-0.3, -0.25) is 0 Å². The second-order valence-corrected chi connectivity index (χ2v) is 5.67. The fourth-order valence-electron chi connectivity index (χ4n) is 2.09. The highest BCUT2D eigenvalue weighted by molar-refractivity contribution is 5.89. The molecule has 2 amide bonds. The Balaban J connectivity index is 1.88. The summed E-state index contributed by atoms with van der Waals surface area (Å²) in [7, 11) is 4.01. The zero-order valence-corrected chi connectivity index (χ0v) is 13.6. The van der Waals surface area contributed by atoms with Crippen LogP contribution in [-0.2, 0) is 6.54 Å². The normalized spacial score (nSPS) is 10.2. The van der Waals surface area contributed by atoms with Crippen molar-refractivity contribution < 1.29 is 4.79 Å². The fourth-order valence-corrected chi connectivity index (χ4v) is 2.09. The monoisotopic (exact) mass is 297 g/mol. The first kappa shape index (κ1) is 15.9. The molecule has 0 spiro atoms. The number of hydrogen-bond donors (Lipinski definition) is 2. The SMILES string of the molecule is Cc1ccc(NC(=O)NCc2ccc(N(C)C)cc2)cc1C. The van der Waals surface area contributed by atoms with E-state index in [4.69, 9.17) is 0 Å². The van der Waals surface area contributed by atoms with Gasteiger partial charge in [-0.25, -0.2) is 4.79 Å². The summed E-state index contributed by atoms with van der Waals surface area (Å²) in [5.74, 6) is 0. The molecule has 4 nitrogen and oxygen atoms in total. The van der Waals surface area contributed by atoms with Crippen molar-refractivity contribution in [1.82, 2.24) is 5.32 Å². The standard InChI is InChI=1S/C18H23N3O/c1-13-5-8-16(11-14(13)2)20-18(22)19-12-15-6-9-17(10-7-15)21(3)4/h5-11H,12H2,1-4H3,(H2,19,20,22). The van der Waals surface area contributed by atoms with Crippen LogP contribution >= 0.6 is 0 Å². The number of urea groups is 1. The first-order valence-corrected chi connectivity index (χ1v) is 7.34. The zero-order valence-electron chi connectivity index (χ0n) is 13.6. The molecule has 0 atom stereocenters. The van der Waals surface area contributed by atoms with E-state index in [9.17, 15) is 4.79 Å². The Kier molecular flexibility index (Phi) is 5.04. The average molecular weight is 297 g/mol. The molecule has 116 valence electrons. The lowest BCUT2D eigenvalue weighted by atomic mass is 10.1. The molecule has 0 aliphatic carbocycles. The number of benzene rings is 2. The molecule has 0 aromatic heterocycles. The molecule has 2 aromatic carbocycles.